The quantitative estimate of drug-likeness (QED) is 0.829. The van der Waals surface area contributed by atoms with E-state index in [0.29, 0.717) is 12.7 Å². The van der Waals surface area contributed by atoms with Crippen LogP contribution in [0, 0.1) is 0 Å². The molecule has 1 fully saturated rings. The zero-order chi connectivity index (χ0) is 12.2. The van der Waals surface area contributed by atoms with Crippen LogP contribution in [0.5, 0.6) is 0 Å². The fraction of sp³-hybridized carbons (Fsp3) is 0.429. The van der Waals surface area contributed by atoms with Gasteiger partial charge in [-0.15, -0.1) is 0 Å². The molecule has 1 aliphatic rings. The van der Waals surface area contributed by atoms with Gasteiger partial charge in [-0.25, -0.2) is 9.67 Å². The lowest BCUT2D eigenvalue weighted by Gasteiger charge is -2.11. The summed E-state index contributed by atoms with van der Waals surface area (Å²) in [4.78, 5) is 4.31. The Bertz CT molecular complexity index is 490. The Hall–Kier alpha value is -1.68. The molecular weight excluding hydrogens is 226 g/mol. The van der Waals surface area contributed by atoms with Gasteiger partial charge >= 0.3 is 0 Å². The first-order chi connectivity index (χ1) is 8.92. The number of hydrogen-bond acceptors (Lipinski definition) is 3. The monoisotopic (exact) mass is 243 g/mol. The Labute approximate surface area is 107 Å². The number of ether oxygens (including phenoxy) is 1. The lowest BCUT2D eigenvalue weighted by molar-refractivity contribution is 0.0456. The van der Waals surface area contributed by atoms with Crippen molar-refractivity contribution in [2.24, 2.45) is 0 Å². The Morgan fingerprint density at radius 3 is 2.94 bits per heavy atom. The third kappa shape index (κ3) is 2.59. The predicted octanol–water partition coefficient (Wildman–Crippen LogP) is 2.73. The van der Waals surface area contributed by atoms with Gasteiger partial charge in [0.15, 0.2) is 5.82 Å². The molecule has 3 rings (SSSR count). The summed E-state index contributed by atoms with van der Waals surface area (Å²) in [6.45, 7) is 0.668. The van der Waals surface area contributed by atoms with Gasteiger partial charge in [0.25, 0.3) is 0 Å². The molecule has 4 nitrogen and oxygen atoms in total. The maximum Gasteiger partial charge on any atom is 0.153 e. The molecule has 0 bridgehead atoms. The molecular formula is C14H17N3O. The molecule has 1 aliphatic carbocycles. The van der Waals surface area contributed by atoms with Crippen LogP contribution < -0.4 is 0 Å². The van der Waals surface area contributed by atoms with Crippen LogP contribution in [0.2, 0.25) is 0 Å². The zero-order valence-electron chi connectivity index (χ0n) is 10.3. The average Bonchev–Trinajstić information content (AvgIpc) is 3.10. The van der Waals surface area contributed by atoms with Crippen LogP contribution in [0.25, 0.3) is 5.82 Å². The van der Waals surface area contributed by atoms with E-state index in [9.17, 15) is 0 Å². The van der Waals surface area contributed by atoms with Crippen molar-refractivity contribution in [3.05, 3.63) is 42.4 Å². The van der Waals surface area contributed by atoms with Crippen molar-refractivity contribution < 1.29 is 4.74 Å². The van der Waals surface area contributed by atoms with E-state index in [1.165, 1.54) is 25.7 Å². The number of aromatic nitrogens is 3. The van der Waals surface area contributed by atoms with Crippen LogP contribution in [-0.2, 0) is 11.3 Å². The number of rotatable bonds is 4. The average molecular weight is 243 g/mol. The van der Waals surface area contributed by atoms with Crippen LogP contribution in [0.4, 0.5) is 0 Å². The summed E-state index contributed by atoms with van der Waals surface area (Å²) in [5, 5.41) is 4.18. The molecule has 0 radical (unpaired) electrons. The summed E-state index contributed by atoms with van der Waals surface area (Å²) >= 11 is 0. The van der Waals surface area contributed by atoms with E-state index in [-0.39, 0.29) is 0 Å². The second kappa shape index (κ2) is 5.31. The molecule has 2 aromatic rings. The fourth-order valence-corrected chi connectivity index (χ4v) is 2.35. The van der Waals surface area contributed by atoms with E-state index in [1.54, 1.807) is 10.9 Å². The van der Waals surface area contributed by atoms with Crippen molar-refractivity contribution in [2.75, 3.05) is 0 Å². The summed E-state index contributed by atoms with van der Waals surface area (Å²) in [6.07, 6.45) is 10.9. The molecule has 4 heteroatoms. The fourth-order valence-electron chi connectivity index (χ4n) is 2.35. The van der Waals surface area contributed by atoms with Crippen LogP contribution in [0.3, 0.4) is 0 Å². The molecule has 2 heterocycles. The van der Waals surface area contributed by atoms with Gasteiger partial charge in [-0.1, -0.05) is 12.8 Å². The highest BCUT2D eigenvalue weighted by Gasteiger charge is 2.15. The molecule has 1 saturated carbocycles. The topological polar surface area (TPSA) is 39.9 Å². The van der Waals surface area contributed by atoms with E-state index in [2.05, 4.69) is 10.1 Å². The maximum absolute atomic E-state index is 5.90. The first-order valence-corrected chi connectivity index (χ1v) is 6.48. The van der Waals surface area contributed by atoms with Gasteiger partial charge in [0, 0.05) is 18.6 Å². The van der Waals surface area contributed by atoms with E-state index in [4.69, 9.17) is 4.74 Å². The molecule has 0 unspecified atom stereocenters. The highest BCUT2D eigenvalue weighted by Crippen LogP contribution is 2.22. The lowest BCUT2D eigenvalue weighted by atomic mass is 10.2. The van der Waals surface area contributed by atoms with Gasteiger partial charge in [-0.05, 0) is 36.6 Å². The summed E-state index contributed by atoms with van der Waals surface area (Å²) in [5.41, 5.74) is 1.16. The van der Waals surface area contributed by atoms with Gasteiger partial charge in [0.2, 0.25) is 0 Å². The van der Waals surface area contributed by atoms with E-state index in [0.717, 1.165) is 11.4 Å². The largest absolute Gasteiger partial charge is 0.374 e. The minimum atomic E-state index is 0.450. The molecule has 2 aromatic heterocycles. The summed E-state index contributed by atoms with van der Waals surface area (Å²) in [6, 6.07) is 5.92. The van der Waals surface area contributed by atoms with Gasteiger partial charge in [-0.2, -0.15) is 5.10 Å². The van der Waals surface area contributed by atoms with Crippen molar-refractivity contribution in [2.45, 2.75) is 38.4 Å². The van der Waals surface area contributed by atoms with Crippen molar-refractivity contribution >= 4 is 0 Å². The van der Waals surface area contributed by atoms with E-state index in [1.807, 2.05) is 30.6 Å². The summed E-state index contributed by atoms with van der Waals surface area (Å²) in [7, 11) is 0. The molecule has 0 amide bonds. The Kier molecular flexibility index (Phi) is 3.37. The van der Waals surface area contributed by atoms with Crippen molar-refractivity contribution in [3.8, 4) is 5.82 Å². The zero-order valence-corrected chi connectivity index (χ0v) is 10.3. The minimum absolute atomic E-state index is 0.450. The van der Waals surface area contributed by atoms with E-state index >= 15 is 0 Å². The Morgan fingerprint density at radius 1 is 1.28 bits per heavy atom. The predicted molar refractivity (Wildman–Crippen MR) is 68.4 cm³/mol. The number of nitrogens with zero attached hydrogens (tertiary/aromatic N) is 3. The Balaban J connectivity index is 1.67. The molecule has 0 atom stereocenters. The first-order valence-electron chi connectivity index (χ1n) is 6.48. The number of pyridine rings is 1. The summed E-state index contributed by atoms with van der Waals surface area (Å²) < 4.78 is 7.67. The second-order valence-electron chi connectivity index (χ2n) is 4.69. The van der Waals surface area contributed by atoms with Crippen LogP contribution in [0.15, 0.2) is 36.8 Å². The molecule has 94 valence electrons. The molecule has 0 saturated heterocycles. The minimum Gasteiger partial charge on any atom is -0.374 e. The van der Waals surface area contributed by atoms with Crippen LogP contribution in [0.1, 0.15) is 31.2 Å². The summed E-state index contributed by atoms with van der Waals surface area (Å²) in [5.74, 6) is 0.840. The van der Waals surface area contributed by atoms with Crippen molar-refractivity contribution in [1.82, 2.24) is 14.8 Å². The van der Waals surface area contributed by atoms with Crippen LogP contribution in [-0.4, -0.2) is 20.9 Å². The van der Waals surface area contributed by atoms with E-state index < -0.39 is 0 Å². The first kappa shape index (κ1) is 11.4. The van der Waals surface area contributed by atoms with Crippen LogP contribution >= 0.6 is 0 Å². The van der Waals surface area contributed by atoms with Crippen molar-refractivity contribution in [3.63, 3.8) is 0 Å². The van der Waals surface area contributed by atoms with Gasteiger partial charge in [0.1, 0.15) is 0 Å². The molecule has 0 spiro atoms. The van der Waals surface area contributed by atoms with Gasteiger partial charge in [-0.3, -0.25) is 0 Å². The standard InChI is InChI=1S/C14H17N3O/c1-2-5-13(4-1)18-11-12-6-8-15-14(10-12)17-9-3-7-16-17/h3,6-10,13H,1-2,4-5,11H2. The Morgan fingerprint density at radius 2 is 2.17 bits per heavy atom. The van der Waals surface area contributed by atoms with Gasteiger partial charge in [0.05, 0.1) is 12.7 Å². The molecule has 0 aliphatic heterocycles. The highest BCUT2D eigenvalue weighted by molar-refractivity contribution is 5.26. The highest BCUT2D eigenvalue weighted by atomic mass is 16.5. The molecule has 0 N–H and O–H groups in total. The SMILES string of the molecule is c1cnn(-c2cc(COC3CCCC3)ccn2)c1. The third-order valence-corrected chi connectivity index (χ3v) is 3.34. The third-order valence-electron chi connectivity index (χ3n) is 3.34. The maximum atomic E-state index is 5.90. The normalized spacial score (nSPS) is 16.2. The smallest absolute Gasteiger partial charge is 0.153 e. The second-order valence-corrected chi connectivity index (χ2v) is 4.69. The molecule has 0 aromatic carbocycles. The van der Waals surface area contributed by atoms with Crippen molar-refractivity contribution in [1.29, 1.82) is 0 Å². The van der Waals surface area contributed by atoms with Gasteiger partial charge < -0.3 is 4.74 Å². The molecule has 18 heavy (non-hydrogen) atoms. The number of hydrogen-bond donors (Lipinski definition) is 0. The lowest BCUT2D eigenvalue weighted by Crippen LogP contribution is -2.07.